The van der Waals surface area contributed by atoms with Gasteiger partial charge in [0.15, 0.2) is 0 Å². The first-order valence-electron chi connectivity index (χ1n) is 4.34. The Balaban J connectivity index is 3.21. The Labute approximate surface area is 82.7 Å². The summed E-state index contributed by atoms with van der Waals surface area (Å²) in [7, 11) is 1.54. The molecule has 1 aromatic carbocycles. The van der Waals surface area contributed by atoms with Crippen molar-refractivity contribution in [3.05, 3.63) is 39.4 Å². The predicted molar refractivity (Wildman–Crippen MR) is 53.3 cm³/mol. The minimum atomic E-state index is -0.377. The lowest BCUT2D eigenvalue weighted by Gasteiger charge is -2.10. The number of nitro benzene ring substituents is 1. The van der Waals surface area contributed by atoms with Gasteiger partial charge in [-0.3, -0.25) is 10.1 Å². The molecule has 0 amide bonds. The molecule has 0 N–H and O–H groups in total. The number of aryl methyl sites for hydroxylation is 1. The third kappa shape index (κ3) is 2.09. The second-order valence-electron chi connectivity index (χ2n) is 3.20. The zero-order chi connectivity index (χ0) is 10.7. The van der Waals surface area contributed by atoms with Gasteiger partial charge in [0.05, 0.1) is 16.6 Å². The van der Waals surface area contributed by atoms with Gasteiger partial charge in [0.1, 0.15) is 0 Å². The predicted octanol–water partition coefficient (Wildman–Crippen LogP) is 2.61. The SMILES string of the molecule is COC(C)c1ccc(C)cc1[N+](=O)[O-]. The van der Waals surface area contributed by atoms with Gasteiger partial charge in [-0.25, -0.2) is 0 Å². The van der Waals surface area contributed by atoms with Crippen molar-refractivity contribution in [2.45, 2.75) is 20.0 Å². The highest BCUT2D eigenvalue weighted by atomic mass is 16.6. The summed E-state index contributed by atoms with van der Waals surface area (Å²) >= 11 is 0. The van der Waals surface area contributed by atoms with Crippen molar-refractivity contribution >= 4 is 5.69 Å². The molecule has 1 rings (SSSR count). The molecule has 0 aromatic heterocycles. The summed E-state index contributed by atoms with van der Waals surface area (Å²) < 4.78 is 5.06. The number of ether oxygens (including phenoxy) is 1. The zero-order valence-electron chi connectivity index (χ0n) is 8.48. The summed E-state index contributed by atoms with van der Waals surface area (Å²) in [4.78, 5) is 10.4. The van der Waals surface area contributed by atoms with Crippen LogP contribution in [0.4, 0.5) is 5.69 Å². The first kappa shape index (κ1) is 10.7. The summed E-state index contributed by atoms with van der Waals surface area (Å²) in [6.45, 7) is 3.62. The Morgan fingerprint density at radius 2 is 2.14 bits per heavy atom. The smallest absolute Gasteiger partial charge is 0.275 e. The number of nitrogens with zero attached hydrogens (tertiary/aromatic N) is 1. The van der Waals surface area contributed by atoms with Gasteiger partial charge < -0.3 is 4.74 Å². The van der Waals surface area contributed by atoms with Gasteiger partial charge in [-0.05, 0) is 25.5 Å². The number of rotatable bonds is 3. The lowest BCUT2D eigenvalue weighted by Crippen LogP contribution is -2.01. The van der Waals surface area contributed by atoms with Gasteiger partial charge in [0.2, 0.25) is 0 Å². The Bertz CT molecular complexity index is 349. The van der Waals surface area contributed by atoms with E-state index >= 15 is 0 Å². The van der Waals surface area contributed by atoms with E-state index in [9.17, 15) is 10.1 Å². The van der Waals surface area contributed by atoms with Crippen molar-refractivity contribution in [1.29, 1.82) is 0 Å². The molecular formula is C10H13NO3. The maximum atomic E-state index is 10.7. The highest BCUT2D eigenvalue weighted by Gasteiger charge is 2.18. The van der Waals surface area contributed by atoms with E-state index in [2.05, 4.69) is 0 Å². The molecule has 0 fully saturated rings. The van der Waals surface area contributed by atoms with Crippen LogP contribution in [-0.4, -0.2) is 12.0 Å². The number of hydrogen-bond acceptors (Lipinski definition) is 3. The van der Waals surface area contributed by atoms with Crippen LogP contribution < -0.4 is 0 Å². The van der Waals surface area contributed by atoms with Crippen molar-refractivity contribution in [3.63, 3.8) is 0 Å². The molecule has 14 heavy (non-hydrogen) atoms. The molecule has 0 spiro atoms. The van der Waals surface area contributed by atoms with Crippen LogP contribution in [-0.2, 0) is 4.74 Å². The first-order valence-corrected chi connectivity index (χ1v) is 4.34. The molecule has 0 saturated heterocycles. The fraction of sp³-hybridized carbons (Fsp3) is 0.400. The highest BCUT2D eigenvalue weighted by molar-refractivity contribution is 5.44. The van der Waals surface area contributed by atoms with Gasteiger partial charge in [-0.2, -0.15) is 0 Å². The average Bonchev–Trinajstić information content (AvgIpc) is 2.16. The van der Waals surface area contributed by atoms with E-state index in [4.69, 9.17) is 4.74 Å². The highest BCUT2D eigenvalue weighted by Crippen LogP contribution is 2.27. The van der Waals surface area contributed by atoms with E-state index in [1.54, 1.807) is 19.1 Å². The third-order valence-corrected chi connectivity index (χ3v) is 2.17. The monoisotopic (exact) mass is 195 g/mol. The van der Waals surface area contributed by atoms with Crippen molar-refractivity contribution in [2.75, 3.05) is 7.11 Å². The Morgan fingerprint density at radius 1 is 1.50 bits per heavy atom. The van der Waals surface area contributed by atoms with E-state index in [0.29, 0.717) is 5.56 Å². The van der Waals surface area contributed by atoms with E-state index in [1.165, 1.54) is 7.11 Å². The van der Waals surface area contributed by atoms with Crippen LogP contribution in [0.25, 0.3) is 0 Å². The van der Waals surface area contributed by atoms with Crippen LogP contribution >= 0.6 is 0 Å². The number of benzene rings is 1. The fourth-order valence-corrected chi connectivity index (χ4v) is 1.28. The summed E-state index contributed by atoms with van der Waals surface area (Å²) in [6.07, 6.45) is -0.254. The molecule has 4 nitrogen and oxygen atoms in total. The van der Waals surface area contributed by atoms with Gasteiger partial charge in [0.25, 0.3) is 5.69 Å². The van der Waals surface area contributed by atoms with E-state index in [-0.39, 0.29) is 16.7 Å². The maximum absolute atomic E-state index is 10.7. The lowest BCUT2D eigenvalue weighted by atomic mass is 10.1. The second-order valence-corrected chi connectivity index (χ2v) is 3.20. The summed E-state index contributed by atoms with van der Waals surface area (Å²) in [5, 5.41) is 10.7. The van der Waals surface area contributed by atoms with E-state index in [0.717, 1.165) is 5.56 Å². The van der Waals surface area contributed by atoms with Crippen LogP contribution in [0.2, 0.25) is 0 Å². The number of nitro groups is 1. The molecule has 76 valence electrons. The molecule has 4 heteroatoms. The van der Waals surface area contributed by atoms with Gasteiger partial charge in [-0.1, -0.05) is 6.07 Å². The first-order chi connectivity index (χ1) is 6.56. The molecular weight excluding hydrogens is 182 g/mol. The molecule has 1 aromatic rings. The number of hydrogen-bond donors (Lipinski definition) is 0. The third-order valence-electron chi connectivity index (χ3n) is 2.17. The molecule has 0 aliphatic heterocycles. The standard InChI is InChI=1S/C10H13NO3/c1-7-4-5-9(8(2)14-3)10(6-7)11(12)13/h4-6,8H,1-3H3. The molecule has 0 radical (unpaired) electrons. The van der Waals surface area contributed by atoms with Crippen molar-refractivity contribution in [1.82, 2.24) is 0 Å². The normalized spacial score (nSPS) is 12.5. The van der Waals surface area contributed by atoms with Crippen LogP contribution in [0.5, 0.6) is 0 Å². The topological polar surface area (TPSA) is 52.4 Å². The summed E-state index contributed by atoms with van der Waals surface area (Å²) in [5.74, 6) is 0. The lowest BCUT2D eigenvalue weighted by molar-refractivity contribution is -0.386. The Morgan fingerprint density at radius 3 is 2.64 bits per heavy atom. The van der Waals surface area contributed by atoms with Crippen LogP contribution in [0, 0.1) is 17.0 Å². The molecule has 0 bridgehead atoms. The average molecular weight is 195 g/mol. The summed E-state index contributed by atoms with van der Waals surface area (Å²) in [6, 6.07) is 5.14. The zero-order valence-corrected chi connectivity index (χ0v) is 8.48. The largest absolute Gasteiger partial charge is 0.377 e. The van der Waals surface area contributed by atoms with Crippen molar-refractivity contribution < 1.29 is 9.66 Å². The minimum absolute atomic E-state index is 0.124. The van der Waals surface area contributed by atoms with Crippen molar-refractivity contribution in [2.24, 2.45) is 0 Å². The summed E-state index contributed by atoms with van der Waals surface area (Å²) in [5.41, 5.74) is 1.62. The minimum Gasteiger partial charge on any atom is -0.377 e. The maximum Gasteiger partial charge on any atom is 0.275 e. The Kier molecular flexibility index (Phi) is 3.19. The molecule has 0 aliphatic rings. The van der Waals surface area contributed by atoms with Gasteiger partial charge in [0, 0.05) is 13.2 Å². The van der Waals surface area contributed by atoms with Gasteiger partial charge >= 0.3 is 0 Å². The number of methoxy groups -OCH3 is 1. The van der Waals surface area contributed by atoms with E-state index in [1.807, 2.05) is 13.0 Å². The van der Waals surface area contributed by atoms with Crippen LogP contribution in [0.3, 0.4) is 0 Å². The molecule has 1 unspecified atom stereocenters. The molecule has 0 aliphatic carbocycles. The quantitative estimate of drug-likeness (QED) is 0.550. The van der Waals surface area contributed by atoms with Gasteiger partial charge in [-0.15, -0.1) is 0 Å². The van der Waals surface area contributed by atoms with E-state index < -0.39 is 0 Å². The molecule has 0 heterocycles. The Hall–Kier alpha value is -1.42. The molecule has 1 atom stereocenters. The molecule has 0 saturated carbocycles. The van der Waals surface area contributed by atoms with Crippen LogP contribution in [0.15, 0.2) is 18.2 Å². The second kappa shape index (κ2) is 4.19. The van der Waals surface area contributed by atoms with Crippen LogP contribution in [0.1, 0.15) is 24.2 Å². The fourth-order valence-electron chi connectivity index (χ4n) is 1.28. The van der Waals surface area contributed by atoms with Crippen molar-refractivity contribution in [3.8, 4) is 0 Å².